The van der Waals surface area contributed by atoms with Gasteiger partial charge in [-0.2, -0.15) is 0 Å². The Balaban J connectivity index is 0. The van der Waals surface area contributed by atoms with Crippen LogP contribution in [-0.4, -0.2) is 25.2 Å². The first-order chi connectivity index (χ1) is 8.11. The smallest absolute Gasteiger partial charge is 0.333 e. The summed E-state index contributed by atoms with van der Waals surface area (Å²) in [5, 5.41) is 0. The molecule has 0 fully saturated rings. The summed E-state index contributed by atoms with van der Waals surface area (Å²) < 4.78 is 9.85. The van der Waals surface area contributed by atoms with Crippen molar-refractivity contribution in [2.45, 2.75) is 46.0 Å². The third kappa shape index (κ3) is 10.1. The van der Waals surface area contributed by atoms with Gasteiger partial charge in [0.2, 0.25) is 0 Å². The molecule has 0 atom stereocenters. The SMILES string of the molecule is C=C(CC(=O)OCCCC)C(=O)OCCCC.Cl. The fraction of sp³-hybridized carbons (Fsp3) is 0.692. The number of ether oxygens (including phenoxy) is 2. The second kappa shape index (κ2) is 12.4. The molecule has 0 unspecified atom stereocenters. The lowest BCUT2D eigenvalue weighted by Gasteiger charge is -2.07. The van der Waals surface area contributed by atoms with Crippen LogP contribution in [0.25, 0.3) is 0 Å². The van der Waals surface area contributed by atoms with Crippen LogP contribution in [0.5, 0.6) is 0 Å². The van der Waals surface area contributed by atoms with Crippen molar-refractivity contribution in [3.63, 3.8) is 0 Å². The Morgan fingerprint density at radius 2 is 1.50 bits per heavy atom. The molecule has 4 nitrogen and oxygen atoms in total. The Kier molecular flexibility index (Phi) is 13.3. The lowest BCUT2D eigenvalue weighted by Crippen LogP contribution is -2.13. The van der Waals surface area contributed by atoms with E-state index in [1.54, 1.807) is 0 Å². The largest absolute Gasteiger partial charge is 0.465 e. The highest BCUT2D eigenvalue weighted by Crippen LogP contribution is 2.04. The maximum atomic E-state index is 11.4. The van der Waals surface area contributed by atoms with E-state index in [1.165, 1.54) is 0 Å². The third-order valence-corrected chi connectivity index (χ3v) is 2.14. The standard InChI is InChI=1S/C13H22O4.ClH/c1-4-6-8-16-12(14)10-11(3)13(15)17-9-7-5-2;/h3-10H2,1-2H3;1H. The third-order valence-electron chi connectivity index (χ3n) is 2.14. The summed E-state index contributed by atoms with van der Waals surface area (Å²) in [6.45, 7) is 8.32. The first-order valence-corrected chi connectivity index (χ1v) is 6.12. The molecule has 0 saturated heterocycles. The summed E-state index contributed by atoms with van der Waals surface area (Å²) in [7, 11) is 0. The fourth-order valence-electron chi connectivity index (χ4n) is 1.04. The number of halogens is 1. The van der Waals surface area contributed by atoms with E-state index in [2.05, 4.69) is 6.58 Å². The molecule has 0 amide bonds. The molecular formula is C13H23ClO4. The summed E-state index contributed by atoms with van der Waals surface area (Å²) in [5.41, 5.74) is 0.155. The molecular weight excluding hydrogens is 256 g/mol. The molecule has 0 rings (SSSR count). The van der Waals surface area contributed by atoms with Gasteiger partial charge in [-0.1, -0.05) is 33.3 Å². The van der Waals surface area contributed by atoms with Crippen LogP contribution in [0, 0.1) is 0 Å². The zero-order valence-electron chi connectivity index (χ0n) is 11.2. The van der Waals surface area contributed by atoms with Crippen molar-refractivity contribution < 1.29 is 19.1 Å². The molecule has 0 heterocycles. The van der Waals surface area contributed by atoms with E-state index in [9.17, 15) is 9.59 Å². The summed E-state index contributed by atoms with van der Waals surface area (Å²) >= 11 is 0. The van der Waals surface area contributed by atoms with Crippen LogP contribution in [0.1, 0.15) is 46.0 Å². The molecule has 0 aromatic carbocycles. The molecule has 0 radical (unpaired) electrons. The van der Waals surface area contributed by atoms with Gasteiger partial charge in [0.05, 0.1) is 19.6 Å². The van der Waals surface area contributed by atoms with E-state index in [1.807, 2.05) is 13.8 Å². The van der Waals surface area contributed by atoms with E-state index >= 15 is 0 Å². The summed E-state index contributed by atoms with van der Waals surface area (Å²) in [6, 6.07) is 0. The van der Waals surface area contributed by atoms with Crippen LogP contribution in [0.3, 0.4) is 0 Å². The number of hydrogen-bond acceptors (Lipinski definition) is 4. The molecule has 0 spiro atoms. The Morgan fingerprint density at radius 1 is 1.00 bits per heavy atom. The first kappa shape index (κ1) is 19.3. The Bertz CT molecular complexity index is 264. The van der Waals surface area contributed by atoms with Gasteiger partial charge in [0.15, 0.2) is 0 Å². The van der Waals surface area contributed by atoms with Gasteiger partial charge in [0.1, 0.15) is 0 Å². The number of rotatable bonds is 9. The van der Waals surface area contributed by atoms with Crippen LogP contribution in [0.15, 0.2) is 12.2 Å². The van der Waals surface area contributed by atoms with Crippen molar-refractivity contribution in [3.05, 3.63) is 12.2 Å². The highest BCUT2D eigenvalue weighted by Gasteiger charge is 2.13. The second-order valence-electron chi connectivity index (χ2n) is 3.84. The number of unbranched alkanes of at least 4 members (excludes halogenated alkanes) is 2. The molecule has 5 heteroatoms. The van der Waals surface area contributed by atoms with E-state index in [0.717, 1.165) is 25.7 Å². The number of hydrogen-bond donors (Lipinski definition) is 0. The van der Waals surface area contributed by atoms with Crippen LogP contribution in [0.2, 0.25) is 0 Å². The predicted octanol–water partition coefficient (Wildman–Crippen LogP) is 3.04. The molecule has 18 heavy (non-hydrogen) atoms. The second-order valence-corrected chi connectivity index (χ2v) is 3.84. The van der Waals surface area contributed by atoms with Crippen molar-refractivity contribution in [2.24, 2.45) is 0 Å². The normalized spacial score (nSPS) is 9.22. The van der Waals surface area contributed by atoms with Gasteiger partial charge >= 0.3 is 11.9 Å². The Hall–Kier alpha value is -1.03. The van der Waals surface area contributed by atoms with Crippen molar-refractivity contribution >= 4 is 24.3 Å². The van der Waals surface area contributed by atoms with E-state index < -0.39 is 11.9 Å². The van der Waals surface area contributed by atoms with Gasteiger partial charge in [0.25, 0.3) is 0 Å². The average molecular weight is 279 g/mol. The van der Waals surface area contributed by atoms with Crippen molar-refractivity contribution in [3.8, 4) is 0 Å². The lowest BCUT2D eigenvalue weighted by atomic mass is 10.2. The van der Waals surface area contributed by atoms with E-state index in [4.69, 9.17) is 9.47 Å². The van der Waals surface area contributed by atoms with Crippen molar-refractivity contribution in [1.82, 2.24) is 0 Å². The minimum Gasteiger partial charge on any atom is -0.465 e. The zero-order valence-corrected chi connectivity index (χ0v) is 12.0. The van der Waals surface area contributed by atoms with Gasteiger partial charge in [-0.15, -0.1) is 12.4 Å². The topological polar surface area (TPSA) is 52.6 Å². The molecule has 106 valence electrons. The number of carbonyl (C=O) groups is 2. The molecule has 0 saturated carbocycles. The molecule has 0 N–H and O–H groups in total. The fourth-order valence-corrected chi connectivity index (χ4v) is 1.04. The van der Waals surface area contributed by atoms with E-state index in [0.29, 0.717) is 13.2 Å². The van der Waals surface area contributed by atoms with Gasteiger partial charge < -0.3 is 9.47 Å². The number of esters is 2. The maximum absolute atomic E-state index is 11.4. The van der Waals surface area contributed by atoms with Crippen molar-refractivity contribution in [1.29, 1.82) is 0 Å². The minimum atomic E-state index is -0.508. The highest BCUT2D eigenvalue weighted by molar-refractivity contribution is 5.93. The van der Waals surface area contributed by atoms with Gasteiger partial charge in [-0.3, -0.25) is 4.79 Å². The van der Waals surface area contributed by atoms with Gasteiger partial charge in [-0.05, 0) is 12.8 Å². The van der Waals surface area contributed by atoms with Crippen molar-refractivity contribution in [2.75, 3.05) is 13.2 Å². The van der Waals surface area contributed by atoms with Gasteiger partial charge in [0, 0.05) is 5.57 Å². The van der Waals surface area contributed by atoms with Crippen LogP contribution < -0.4 is 0 Å². The molecule has 0 aromatic heterocycles. The highest BCUT2D eigenvalue weighted by atomic mass is 35.5. The lowest BCUT2D eigenvalue weighted by molar-refractivity contribution is -0.146. The predicted molar refractivity (Wildman–Crippen MR) is 72.7 cm³/mol. The number of carbonyl (C=O) groups excluding carboxylic acids is 2. The Labute approximate surface area is 115 Å². The van der Waals surface area contributed by atoms with Crippen LogP contribution in [-0.2, 0) is 19.1 Å². The average Bonchev–Trinajstić information content (AvgIpc) is 2.29. The zero-order chi connectivity index (χ0) is 13.1. The maximum Gasteiger partial charge on any atom is 0.333 e. The summed E-state index contributed by atoms with van der Waals surface area (Å²) in [6.07, 6.45) is 3.49. The monoisotopic (exact) mass is 278 g/mol. The van der Waals surface area contributed by atoms with Gasteiger partial charge in [-0.25, -0.2) is 4.79 Å². The van der Waals surface area contributed by atoms with Crippen LogP contribution >= 0.6 is 12.4 Å². The summed E-state index contributed by atoms with van der Waals surface area (Å²) in [5.74, 6) is -0.929. The molecule has 0 bridgehead atoms. The molecule has 0 aliphatic carbocycles. The quantitative estimate of drug-likeness (QED) is 0.369. The van der Waals surface area contributed by atoms with E-state index in [-0.39, 0.29) is 24.4 Å². The molecule has 0 aliphatic heterocycles. The summed E-state index contributed by atoms with van der Waals surface area (Å²) in [4.78, 5) is 22.6. The van der Waals surface area contributed by atoms with Crippen LogP contribution in [0.4, 0.5) is 0 Å². The molecule has 0 aliphatic rings. The first-order valence-electron chi connectivity index (χ1n) is 6.12. The molecule has 0 aromatic rings. The Morgan fingerprint density at radius 3 is 2.00 bits per heavy atom. The minimum absolute atomic E-state index is 0.